The molecule has 0 saturated heterocycles. The summed E-state index contributed by atoms with van der Waals surface area (Å²) in [6.07, 6.45) is 4.50. The van der Waals surface area contributed by atoms with E-state index in [1.807, 2.05) is 18.2 Å². The molecule has 0 aliphatic heterocycles. The van der Waals surface area contributed by atoms with E-state index in [1.165, 1.54) is 11.3 Å². The van der Waals surface area contributed by atoms with E-state index in [0.717, 1.165) is 29.5 Å². The Morgan fingerprint density at radius 1 is 1.30 bits per heavy atom. The second-order valence-corrected chi connectivity index (χ2v) is 7.01. The fraction of sp³-hybridized carbons (Fsp3) is 0.238. The molecule has 0 radical (unpaired) electrons. The number of rotatable bonds is 9. The number of carbonyl (C=O) groups excluding carboxylic acids is 1. The molecule has 0 aliphatic rings. The summed E-state index contributed by atoms with van der Waals surface area (Å²) >= 11 is 1.50. The second-order valence-electron chi connectivity index (χ2n) is 6.12. The van der Waals surface area contributed by atoms with Crippen LogP contribution in [-0.2, 0) is 11.2 Å². The zero-order valence-electron chi connectivity index (χ0n) is 14.9. The van der Waals surface area contributed by atoms with Crippen molar-refractivity contribution in [2.24, 2.45) is 0 Å². The van der Waals surface area contributed by atoms with E-state index < -0.39 is 5.82 Å². The maximum Gasteiger partial charge on any atom is 0.228 e. The van der Waals surface area contributed by atoms with E-state index in [1.54, 1.807) is 29.8 Å². The maximum atomic E-state index is 14.6. The molecule has 0 aliphatic carbocycles. The summed E-state index contributed by atoms with van der Waals surface area (Å²) in [7, 11) is 0. The number of fused-ring (bicyclic) bond motifs is 1. The van der Waals surface area contributed by atoms with Gasteiger partial charge in [0.2, 0.25) is 5.91 Å². The summed E-state index contributed by atoms with van der Waals surface area (Å²) in [5, 5.41) is 2.81. The minimum absolute atomic E-state index is 0.0553. The van der Waals surface area contributed by atoms with E-state index in [9.17, 15) is 9.18 Å². The van der Waals surface area contributed by atoms with Crippen molar-refractivity contribution in [2.75, 3.05) is 11.9 Å². The lowest BCUT2D eigenvalue weighted by Crippen LogP contribution is -2.15. The summed E-state index contributed by atoms with van der Waals surface area (Å²) in [6.45, 7) is 4.11. The quantitative estimate of drug-likeness (QED) is 0.398. The molecule has 3 rings (SSSR count). The van der Waals surface area contributed by atoms with Crippen molar-refractivity contribution in [1.29, 1.82) is 0 Å². The van der Waals surface area contributed by atoms with Crippen LogP contribution >= 0.6 is 11.3 Å². The van der Waals surface area contributed by atoms with Gasteiger partial charge in [0, 0.05) is 11.3 Å². The third-order valence-electron chi connectivity index (χ3n) is 4.07. The van der Waals surface area contributed by atoms with Crippen LogP contribution in [0.1, 0.15) is 24.8 Å². The zero-order chi connectivity index (χ0) is 19.1. The molecule has 6 heteroatoms. The van der Waals surface area contributed by atoms with Gasteiger partial charge in [-0.1, -0.05) is 18.2 Å². The minimum Gasteiger partial charge on any atom is -0.491 e. The lowest BCUT2D eigenvalue weighted by atomic mass is 10.1. The van der Waals surface area contributed by atoms with Gasteiger partial charge in [0.05, 0.1) is 28.8 Å². The number of aromatic nitrogens is 1. The van der Waals surface area contributed by atoms with E-state index >= 15 is 0 Å². The Hall–Kier alpha value is -2.73. The number of allylic oxidation sites excluding steroid dienone is 1. The first kappa shape index (κ1) is 19.0. The van der Waals surface area contributed by atoms with Gasteiger partial charge in [-0.25, -0.2) is 9.37 Å². The number of hydrogen-bond donors (Lipinski definition) is 1. The average molecular weight is 386 g/mol. The summed E-state index contributed by atoms with van der Waals surface area (Å²) < 4.78 is 21.1. The Balaban J connectivity index is 1.59. The number of halogens is 1. The van der Waals surface area contributed by atoms with Crippen molar-refractivity contribution in [1.82, 2.24) is 4.98 Å². The van der Waals surface area contributed by atoms with Crippen molar-refractivity contribution in [3.8, 4) is 5.75 Å². The van der Waals surface area contributed by atoms with Crippen molar-refractivity contribution >= 4 is 33.1 Å². The van der Waals surface area contributed by atoms with E-state index in [4.69, 9.17) is 4.74 Å². The van der Waals surface area contributed by atoms with Gasteiger partial charge >= 0.3 is 0 Å². The maximum absolute atomic E-state index is 14.6. The standard InChI is InChI=1S/C21H21FN2O2S/c1-2-3-4-5-11-26-18-8-6-7-15(21(18)22)12-20(25)24-16-9-10-17-19(13-16)27-14-23-17/h2,6-10,13-14H,1,3-5,11-12H2,(H,24,25)/i24+2. The first-order valence-corrected chi connectivity index (χ1v) is 9.69. The van der Waals surface area contributed by atoms with Gasteiger partial charge in [0.15, 0.2) is 11.6 Å². The van der Waals surface area contributed by atoms with Crippen LogP contribution in [0, 0.1) is 5.82 Å². The number of benzene rings is 2. The number of ether oxygens (including phenoxy) is 1. The average Bonchev–Trinajstić information content (AvgIpc) is 3.12. The third kappa shape index (κ3) is 5.14. The number of nitrogens with one attached hydrogen (secondary N) is 1. The van der Waals surface area contributed by atoms with E-state index in [-0.39, 0.29) is 18.1 Å². The highest BCUT2D eigenvalue weighted by Gasteiger charge is 2.13. The van der Waals surface area contributed by atoms with Gasteiger partial charge < -0.3 is 10.1 Å². The minimum atomic E-state index is -0.478. The third-order valence-corrected chi connectivity index (χ3v) is 4.86. The predicted molar refractivity (Wildman–Crippen MR) is 108 cm³/mol. The molecule has 0 fully saturated rings. The second kappa shape index (κ2) is 9.28. The first-order valence-electron chi connectivity index (χ1n) is 8.81. The van der Waals surface area contributed by atoms with Crippen LogP contribution in [0.3, 0.4) is 0 Å². The molecule has 140 valence electrons. The molecule has 0 saturated carbocycles. The highest BCUT2D eigenvalue weighted by molar-refractivity contribution is 7.16. The molecule has 0 spiro atoms. The molecular formula is C21H21FN2O2S. The summed E-state index contributed by atoms with van der Waals surface area (Å²) in [5.41, 5.74) is 3.64. The highest BCUT2D eigenvalue weighted by atomic mass is 32.1. The topological polar surface area (TPSA) is 51.2 Å². The fourth-order valence-corrected chi connectivity index (χ4v) is 3.40. The lowest BCUT2D eigenvalue weighted by molar-refractivity contribution is -0.115. The van der Waals surface area contributed by atoms with Crippen molar-refractivity contribution in [2.45, 2.75) is 25.7 Å². The number of hydrogen-bond acceptors (Lipinski definition) is 4. The molecule has 1 heterocycles. The monoisotopic (exact) mass is 386 g/mol. The van der Waals surface area contributed by atoms with Crippen LogP contribution < -0.4 is 10.1 Å². The molecule has 4 nitrogen and oxygen atoms in total. The Bertz CT molecular complexity index is 939. The van der Waals surface area contributed by atoms with Crippen molar-refractivity contribution < 1.29 is 13.9 Å². The fourth-order valence-electron chi connectivity index (χ4n) is 2.69. The van der Waals surface area contributed by atoms with Gasteiger partial charge in [-0.15, -0.1) is 17.9 Å². The van der Waals surface area contributed by atoms with Crippen LogP contribution in [0.25, 0.3) is 10.2 Å². The van der Waals surface area contributed by atoms with Crippen LogP contribution in [0.4, 0.5) is 10.1 Å². The SMILES string of the molecule is C=CCCCCOc1cccc(CC(=O)[16NH]c2ccc3ncsc3c2)c1F. The molecule has 3 aromatic rings. The zero-order valence-corrected chi connectivity index (χ0v) is 15.7. The summed E-state index contributed by atoms with van der Waals surface area (Å²) in [6, 6.07) is 10.4. The number of anilines is 1. The largest absolute Gasteiger partial charge is 0.491 e. The number of carbonyl (C=O) groups is 1. The smallest absolute Gasteiger partial charge is 0.228 e. The van der Waals surface area contributed by atoms with Crippen LogP contribution in [0.2, 0.25) is 0 Å². The van der Waals surface area contributed by atoms with Gasteiger partial charge in [-0.05, 0) is 43.5 Å². The molecule has 1 aromatic heterocycles. The summed E-state index contributed by atoms with van der Waals surface area (Å²) in [5.74, 6) is -0.569. The van der Waals surface area contributed by atoms with Crippen molar-refractivity contribution in [3.63, 3.8) is 0 Å². The lowest BCUT2D eigenvalue weighted by Gasteiger charge is -2.10. The van der Waals surface area contributed by atoms with Crippen molar-refractivity contribution in [3.05, 3.63) is 65.9 Å². The molecule has 1 amide bonds. The molecule has 1 N–H and O–H groups in total. The first-order chi connectivity index (χ1) is 13.2. The number of amides is 1. The number of nitrogens with zero attached hydrogens (tertiary/aromatic N) is 1. The molecule has 0 atom stereocenters. The van der Waals surface area contributed by atoms with Gasteiger partial charge in [-0.3, -0.25) is 4.79 Å². The number of thiazole rings is 1. The molecule has 0 unspecified atom stereocenters. The Morgan fingerprint density at radius 2 is 2.19 bits per heavy atom. The van der Waals surface area contributed by atoms with E-state index in [0.29, 0.717) is 17.9 Å². The van der Waals surface area contributed by atoms with Gasteiger partial charge in [-0.2, -0.15) is 0 Å². The number of unbranched alkanes of at least 4 members (excludes halogenated alkanes) is 2. The molecule has 0 bridgehead atoms. The van der Waals surface area contributed by atoms with Gasteiger partial charge in [0.1, 0.15) is 0 Å². The summed E-state index contributed by atoms with van der Waals surface area (Å²) in [4.78, 5) is 16.5. The van der Waals surface area contributed by atoms with E-state index in [2.05, 4.69) is 16.9 Å². The van der Waals surface area contributed by atoms with Crippen LogP contribution in [0.5, 0.6) is 5.75 Å². The van der Waals surface area contributed by atoms with Crippen LogP contribution in [-0.4, -0.2) is 17.5 Å². The molecule has 2 aromatic carbocycles. The normalized spacial score (nSPS) is 10.7. The Morgan fingerprint density at radius 3 is 3.04 bits per heavy atom. The Kier molecular flexibility index (Phi) is 6.54. The van der Waals surface area contributed by atoms with Crippen LogP contribution in [0.15, 0.2) is 54.6 Å². The van der Waals surface area contributed by atoms with Gasteiger partial charge in [0.25, 0.3) is 0 Å². The highest BCUT2D eigenvalue weighted by Crippen LogP contribution is 2.24. The predicted octanol–water partition coefficient (Wildman–Crippen LogP) is 5.35. The molecular weight excluding hydrogens is 365 g/mol. The molecule has 27 heavy (non-hydrogen) atoms. The Labute approximate surface area is 161 Å².